The third kappa shape index (κ3) is 5.11. The standard InChI is InChI=1S/C23H26FN5O2S/c1-16(18-8-10-19(24)11-9-18)25-21(30)17(2)32-23-27-26-22(28-12-14-31-15-13-28)29(23)20-6-4-3-5-7-20/h3-11,16-17H,12-15H2,1-2H3,(H,25,30)/t16-,17+/m1/s1. The normalized spacial score (nSPS) is 15.9. The topological polar surface area (TPSA) is 72.3 Å². The van der Waals surface area contributed by atoms with Crippen molar-refractivity contribution in [2.24, 2.45) is 0 Å². The van der Waals surface area contributed by atoms with E-state index in [9.17, 15) is 9.18 Å². The fourth-order valence-electron chi connectivity index (χ4n) is 3.49. The maximum Gasteiger partial charge on any atom is 0.233 e. The van der Waals surface area contributed by atoms with Crippen molar-refractivity contribution in [3.63, 3.8) is 0 Å². The highest BCUT2D eigenvalue weighted by Crippen LogP contribution is 2.30. The van der Waals surface area contributed by atoms with E-state index in [-0.39, 0.29) is 17.8 Å². The molecule has 2 heterocycles. The van der Waals surface area contributed by atoms with Gasteiger partial charge in [-0.15, -0.1) is 10.2 Å². The van der Waals surface area contributed by atoms with Gasteiger partial charge in [0, 0.05) is 13.1 Å². The summed E-state index contributed by atoms with van der Waals surface area (Å²) in [6.45, 7) is 6.48. The van der Waals surface area contributed by atoms with Crippen molar-refractivity contribution in [1.82, 2.24) is 20.1 Å². The Morgan fingerprint density at radius 2 is 1.75 bits per heavy atom. The molecule has 9 heteroatoms. The zero-order valence-electron chi connectivity index (χ0n) is 18.1. The molecular weight excluding hydrogens is 429 g/mol. The summed E-state index contributed by atoms with van der Waals surface area (Å²) in [5.41, 5.74) is 1.78. The van der Waals surface area contributed by atoms with Gasteiger partial charge in [-0.25, -0.2) is 4.39 Å². The summed E-state index contributed by atoms with van der Waals surface area (Å²) < 4.78 is 20.6. The van der Waals surface area contributed by atoms with Gasteiger partial charge in [0.2, 0.25) is 11.9 Å². The van der Waals surface area contributed by atoms with Crippen LogP contribution in [0.1, 0.15) is 25.5 Å². The van der Waals surface area contributed by atoms with Crippen LogP contribution in [0.2, 0.25) is 0 Å². The van der Waals surface area contributed by atoms with Crippen molar-refractivity contribution in [2.45, 2.75) is 30.3 Å². The molecule has 1 aromatic heterocycles. The number of thioether (sulfide) groups is 1. The van der Waals surface area contributed by atoms with E-state index in [1.54, 1.807) is 12.1 Å². The summed E-state index contributed by atoms with van der Waals surface area (Å²) in [7, 11) is 0. The lowest BCUT2D eigenvalue weighted by Crippen LogP contribution is -2.38. The number of carbonyl (C=O) groups excluding carboxylic acids is 1. The fraction of sp³-hybridized carbons (Fsp3) is 0.348. The highest BCUT2D eigenvalue weighted by Gasteiger charge is 2.25. The van der Waals surface area contributed by atoms with E-state index in [2.05, 4.69) is 20.4 Å². The van der Waals surface area contributed by atoms with Gasteiger partial charge in [0.1, 0.15) is 5.82 Å². The van der Waals surface area contributed by atoms with Crippen LogP contribution < -0.4 is 10.2 Å². The molecule has 1 N–H and O–H groups in total. The van der Waals surface area contributed by atoms with Gasteiger partial charge >= 0.3 is 0 Å². The van der Waals surface area contributed by atoms with E-state index in [1.165, 1.54) is 23.9 Å². The molecule has 0 saturated carbocycles. The number of morpholine rings is 1. The number of para-hydroxylation sites is 1. The lowest BCUT2D eigenvalue weighted by atomic mass is 10.1. The summed E-state index contributed by atoms with van der Waals surface area (Å²) in [6, 6.07) is 15.8. The quantitative estimate of drug-likeness (QED) is 0.549. The van der Waals surface area contributed by atoms with E-state index in [1.807, 2.05) is 48.7 Å². The number of rotatable bonds is 7. The minimum Gasteiger partial charge on any atom is -0.378 e. The lowest BCUT2D eigenvalue weighted by Gasteiger charge is -2.28. The van der Waals surface area contributed by atoms with Crippen LogP contribution in [0.4, 0.5) is 10.3 Å². The Morgan fingerprint density at radius 1 is 1.06 bits per heavy atom. The molecule has 2 aromatic carbocycles. The Morgan fingerprint density at radius 3 is 2.44 bits per heavy atom. The van der Waals surface area contributed by atoms with Crippen LogP contribution in [0.5, 0.6) is 0 Å². The predicted octanol–water partition coefficient (Wildman–Crippen LogP) is 3.60. The maximum absolute atomic E-state index is 13.2. The highest BCUT2D eigenvalue weighted by atomic mass is 32.2. The molecule has 7 nitrogen and oxygen atoms in total. The first-order chi connectivity index (χ1) is 15.5. The van der Waals surface area contributed by atoms with Crippen LogP contribution in [-0.4, -0.2) is 52.2 Å². The van der Waals surface area contributed by atoms with Gasteiger partial charge in [0.15, 0.2) is 5.16 Å². The second kappa shape index (κ2) is 10.1. The molecule has 3 aromatic rings. The average molecular weight is 456 g/mol. The Kier molecular flexibility index (Phi) is 7.06. The Bertz CT molecular complexity index is 1040. The number of aromatic nitrogens is 3. The second-order valence-electron chi connectivity index (χ2n) is 7.59. The predicted molar refractivity (Wildman–Crippen MR) is 123 cm³/mol. The molecule has 1 amide bonds. The van der Waals surface area contributed by atoms with E-state index in [0.717, 1.165) is 30.3 Å². The number of nitrogens with zero attached hydrogens (tertiary/aromatic N) is 4. The van der Waals surface area contributed by atoms with Crippen molar-refractivity contribution >= 4 is 23.6 Å². The number of nitrogens with one attached hydrogen (secondary N) is 1. The van der Waals surface area contributed by atoms with Gasteiger partial charge in [-0.3, -0.25) is 9.36 Å². The van der Waals surface area contributed by atoms with E-state index in [4.69, 9.17) is 4.74 Å². The number of hydrogen-bond acceptors (Lipinski definition) is 6. The zero-order valence-corrected chi connectivity index (χ0v) is 18.9. The van der Waals surface area contributed by atoms with E-state index < -0.39 is 5.25 Å². The monoisotopic (exact) mass is 455 g/mol. The van der Waals surface area contributed by atoms with Crippen molar-refractivity contribution in [2.75, 3.05) is 31.2 Å². The van der Waals surface area contributed by atoms with Gasteiger partial charge in [-0.1, -0.05) is 42.1 Å². The first-order valence-corrected chi connectivity index (χ1v) is 11.5. The molecule has 0 spiro atoms. The molecule has 1 fully saturated rings. The van der Waals surface area contributed by atoms with Crippen molar-refractivity contribution in [1.29, 1.82) is 0 Å². The molecule has 32 heavy (non-hydrogen) atoms. The van der Waals surface area contributed by atoms with Crippen LogP contribution in [0.15, 0.2) is 59.8 Å². The lowest BCUT2D eigenvalue weighted by molar-refractivity contribution is -0.120. The van der Waals surface area contributed by atoms with Crippen LogP contribution >= 0.6 is 11.8 Å². The summed E-state index contributed by atoms with van der Waals surface area (Å²) in [5, 5.41) is 12.1. The smallest absolute Gasteiger partial charge is 0.233 e. The second-order valence-corrected chi connectivity index (χ2v) is 8.90. The molecule has 1 saturated heterocycles. The van der Waals surface area contributed by atoms with Gasteiger partial charge < -0.3 is 15.0 Å². The molecule has 0 radical (unpaired) electrons. The molecule has 0 aliphatic carbocycles. The van der Waals surface area contributed by atoms with Gasteiger partial charge in [-0.2, -0.15) is 0 Å². The molecule has 168 valence electrons. The number of benzene rings is 2. The Labute approximate surface area is 191 Å². The third-order valence-electron chi connectivity index (χ3n) is 5.30. The molecule has 1 aliphatic rings. The van der Waals surface area contributed by atoms with E-state index >= 15 is 0 Å². The zero-order chi connectivity index (χ0) is 22.5. The number of anilines is 1. The molecule has 4 rings (SSSR count). The van der Waals surface area contributed by atoms with Crippen molar-refractivity contribution in [3.05, 3.63) is 66.0 Å². The number of halogens is 1. The van der Waals surface area contributed by atoms with Crippen LogP contribution in [-0.2, 0) is 9.53 Å². The van der Waals surface area contributed by atoms with Crippen LogP contribution in [0.25, 0.3) is 5.69 Å². The van der Waals surface area contributed by atoms with Crippen LogP contribution in [0.3, 0.4) is 0 Å². The van der Waals surface area contributed by atoms with Gasteiger partial charge in [-0.05, 0) is 43.7 Å². The van der Waals surface area contributed by atoms with Gasteiger partial charge in [0.05, 0.1) is 30.2 Å². The largest absolute Gasteiger partial charge is 0.378 e. The fourth-order valence-corrected chi connectivity index (χ4v) is 4.36. The van der Waals surface area contributed by atoms with Crippen molar-refractivity contribution < 1.29 is 13.9 Å². The first kappa shape index (κ1) is 22.3. The average Bonchev–Trinajstić information content (AvgIpc) is 3.24. The van der Waals surface area contributed by atoms with Gasteiger partial charge in [0.25, 0.3) is 0 Å². The minimum absolute atomic E-state index is 0.123. The summed E-state index contributed by atoms with van der Waals surface area (Å²) in [4.78, 5) is 15.0. The molecule has 1 aliphatic heterocycles. The van der Waals surface area contributed by atoms with E-state index in [0.29, 0.717) is 18.4 Å². The maximum atomic E-state index is 13.2. The Hall–Kier alpha value is -2.91. The number of amides is 1. The Balaban J connectivity index is 1.52. The first-order valence-electron chi connectivity index (χ1n) is 10.6. The van der Waals surface area contributed by atoms with Crippen LogP contribution in [0, 0.1) is 5.82 Å². The summed E-state index contributed by atoms with van der Waals surface area (Å²) in [5.74, 6) is 0.323. The number of hydrogen-bond donors (Lipinski definition) is 1. The summed E-state index contributed by atoms with van der Waals surface area (Å²) in [6.07, 6.45) is 0. The third-order valence-corrected chi connectivity index (χ3v) is 6.35. The summed E-state index contributed by atoms with van der Waals surface area (Å²) >= 11 is 1.36. The molecule has 0 bridgehead atoms. The van der Waals surface area contributed by atoms with Crippen molar-refractivity contribution in [3.8, 4) is 5.69 Å². The minimum atomic E-state index is -0.401. The highest BCUT2D eigenvalue weighted by molar-refractivity contribution is 8.00. The molecular formula is C23H26FN5O2S. The molecule has 2 atom stereocenters. The SMILES string of the molecule is C[C@H](Sc1nnc(N2CCOCC2)n1-c1ccccc1)C(=O)N[C@H](C)c1ccc(F)cc1. The number of ether oxygens (including phenoxy) is 1. The molecule has 0 unspecified atom stereocenters. The number of carbonyl (C=O) groups is 1.